The Labute approximate surface area is 143 Å². The zero-order chi connectivity index (χ0) is 16.8. The van der Waals surface area contributed by atoms with Crippen LogP contribution in [0.3, 0.4) is 0 Å². The van der Waals surface area contributed by atoms with Crippen molar-refractivity contribution >= 4 is 11.6 Å². The Morgan fingerprint density at radius 2 is 1.62 bits per heavy atom. The molecule has 1 heterocycles. The third kappa shape index (κ3) is 3.93. The summed E-state index contributed by atoms with van der Waals surface area (Å²) in [4.78, 5) is 4.28. The van der Waals surface area contributed by atoms with Crippen molar-refractivity contribution in [2.45, 2.75) is 0 Å². The van der Waals surface area contributed by atoms with Crippen molar-refractivity contribution in [3.05, 3.63) is 54.6 Å². The van der Waals surface area contributed by atoms with Crippen LogP contribution in [0.25, 0.3) is 11.1 Å². The monoisotopic (exact) mass is 324 g/mol. The van der Waals surface area contributed by atoms with E-state index >= 15 is 0 Å². The first kappa shape index (κ1) is 16.5. The molecule has 126 valence electrons. The van der Waals surface area contributed by atoms with Gasteiger partial charge in [-0.2, -0.15) is 0 Å². The van der Waals surface area contributed by atoms with E-state index in [-0.39, 0.29) is 6.61 Å². The van der Waals surface area contributed by atoms with Gasteiger partial charge in [-0.05, 0) is 11.6 Å². The Morgan fingerprint density at radius 1 is 0.958 bits per heavy atom. The molecule has 1 saturated heterocycles. The quantitative estimate of drug-likeness (QED) is 0.596. The van der Waals surface area contributed by atoms with Crippen molar-refractivity contribution in [3.8, 4) is 11.1 Å². The van der Waals surface area contributed by atoms with Gasteiger partial charge in [0.2, 0.25) is 0 Å². The lowest BCUT2D eigenvalue weighted by molar-refractivity contribution is 0.147. The van der Waals surface area contributed by atoms with Crippen LogP contribution in [0.5, 0.6) is 0 Å². The number of β-amino-alcohol motifs (C(OH)–C–C–N with tert-alkyl or cyclic N) is 1. The largest absolute Gasteiger partial charge is 0.395 e. The average Bonchev–Trinajstić information content (AvgIpc) is 2.64. The summed E-state index contributed by atoms with van der Waals surface area (Å²) < 4.78 is 0. The Kier molecular flexibility index (Phi) is 5.46. The molecule has 1 aliphatic heterocycles. The second-order valence-electron chi connectivity index (χ2n) is 5.94. The maximum absolute atomic E-state index is 9.02. The van der Waals surface area contributed by atoms with Crippen LogP contribution >= 0.6 is 0 Å². The van der Waals surface area contributed by atoms with Gasteiger partial charge >= 0.3 is 0 Å². The van der Waals surface area contributed by atoms with Crippen molar-refractivity contribution in [2.75, 3.05) is 44.6 Å². The second-order valence-corrected chi connectivity index (χ2v) is 5.94. The summed E-state index contributed by atoms with van der Waals surface area (Å²) in [6.45, 7) is 4.28. The van der Waals surface area contributed by atoms with Crippen LogP contribution in [0.1, 0.15) is 0 Å². The van der Waals surface area contributed by atoms with Gasteiger partial charge < -0.3 is 15.3 Å². The van der Waals surface area contributed by atoms with Crippen molar-refractivity contribution < 1.29 is 5.11 Å². The molecule has 0 atom stereocenters. The summed E-state index contributed by atoms with van der Waals surface area (Å²) in [5.41, 5.74) is 3.19. The van der Waals surface area contributed by atoms with Crippen LogP contribution < -0.4 is 5.32 Å². The third-order valence-corrected chi connectivity index (χ3v) is 4.37. The molecule has 0 unspecified atom stereocenters. The minimum atomic E-state index is 0.195. The molecule has 3 rings (SSSR count). The first-order chi connectivity index (χ1) is 11.8. The predicted molar refractivity (Wildman–Crippen MR) is 98.3 cm³/mol. The lowest BCUT2D eigenvalue weighted by Crippen LogP contribution is -2.50. The maximum atomic E-state index is 9.02. The minimum absolute atomic E-state index is 0.195. The van der Waals surface area contributed by atoms with Gasteiger partial charge in [-0.15, -0.1) is 0 Å². The van der Waals surface area contributed by atoms with Gasteiger partial charge in [-0.25, -0.2) is 0 Å². The molecule has 3 N–H and O–H groups in total. The molecule has 0 aromatic heterocycles. The number of benzene rings is 2. The number of guanidine groups is 1. The Hall–Kier alpha value is -2.37. The summed E-state index contributed by atoms with van der Waals surface area (Å²) >= 11 is 0. The van der Waals surface area contributed by atoms with Crippen molar-refractivity contribution in [3.63, 3.8) is 0 Å². The number of hydrogen-bond donors (Lipinski definition) is 3. The standard InChI is InChI=1S/C19H24N4O/c20-19(23-12-10-22(11-13-23)14-15-24)21-18-9-5-4-8-17(18)16-6-2-1-3-7-16/h1-9,24H,10-15H2,(H2,20,21). The van der Waals surface area contributed by atoms with Gasteiger partial charge in [0.25, 0.3) is 0 Å². The van der Waals surface area contributed by atoms with Gasteiger partial charge in [0.15, 0.2) is 5.96 Å². The molecule has 2 aromatic rings. The van der Waals surface area contributed by atoms with Crippen LogP contribution in [0.15, 0.2) is 54.6 Å². The van der Waals surface area contributed by atoms with E-state index in [4.69, 9.17) is 10.5 Å². The molecule has 1 fully saturated rings. The summed E-state index contributed by atoms with van der Waals surface area (Å²) in [6, 6.07) is 18.3. The van der Waals surface area contributed by atoms with E-state index in [1.165, 1.54) is 0 Å². The fraction of sp³-hybridized carbons (Fsp3) is 0.316. The molecule has 0 amide bonds. The highest BCUT2D eigenvalue weighted by Crippen LogP contribution is 2.27. The van der Waals surface area contributed by atoms with Gasteiger partial charge in [0.05, 0.1) is 6.61 Å². The Morgan fingerprint density at radius 3 is 2.33 bits per heavy atom. The van der Waals surface area contributed by atoms with Gasteiger partial charge in [-0.1, -0.05) is 48.5 Å². The SMILES string of the molecule is N=C(Nc1ccccc1-c1ccccc1)N1CCN(CCO)CC1. The number of para-hydroxylation sites is 1. The molecule has 5 nitrogen and oxygen atoms in total. The van der Waals surface area contributed by atoms with Crippen molar-refractivity contribution in [1.82, 2.24) is 9.80 Å². The summed E-state index contributed by atoms with van der Waals surface area (Å²) in [7, 11) is 0. The highest BCUT2D eigenvalue weighted by atomic mass is 16.3. The van der Waals surface area contributed by atoms with Crippen molar-refractivity contribution in [1.29, 1.82) is 5.41 Å². The third-order valence-electron chi connectivity index (χ3n) is 4.37. The Balaban J connectivity index is 1.68. The number of aliphatic hydroxyl groups excluding tert-OH is 1. The molecule has 0 spiro atoms. The molecule has 1 aliphatic rings. The predicted octanol–water partition coefficient (Wildman–Crippen LogP) is 2.31. The maximum Gasteiger partial charge on any atom is 0.195 e. The highest BCUT2D eigenvalue weighted by molar-refractivity contribution is 5.95. The topological polar surface area (TPSA) is 62.6 Å². The van der Waals surface area contributed by atoms with E-state index in [1.807, 2.05) is 36.4 Å². The van der Waals surface area contributed by atoms with E-state index in [0.717, 1.165) is 43.0 Å². The van der Waals surface area contributed by atoms with E-state index < -0.39 is 0 Å². The van der Waals surface area contributed by atoms with Crippen LogP contribution in [0, 0.1) is 5.41 Å². The van der Waals surface area contributed by atoms with Gasteiger partial charge in [0, 0.05) is 44.0 Å². The van der Waals surface area contributed by atoms with E-state index in [9.17, 15) is 0 Å². The molecule has 0 saturated carbocycles. The molecule has 0 radical (unpaired) electrons. The van der Waals surface area contributed by atoms with Crippen LogP contribution in [0.4, 0.5) is 5.69 Å². The summed E-state index contributed by atoms with van der Waals surface area (Å²) in [5, 5.41) is 20.7. The lowest BCUT2D eigenvalue weighted by Gasteiger charge is -2.35. The van der Waals surface area contributed by atoms with Gasteiger partial charge in [-0.3, -0.25) is 10.3 Å². The summed E-state index contributed by atoms with van der Waals surface area (Å²) in [6.07, 6.45) is 0. The summed E-state index contributed by atoms with van der Waals surface area (Å²) in [5.74, 6) is 0.432. The molecule has 0 bridgehead atoms. The molecule has 0 aliphatic carbocycles. The number of piperazine rings is 1. The zero-order valence-electron chi connectivity index (χ0n) is 13.8. The zero-order valence-corrected chi connectivity index (χ0v) is 13.8. The fourth-order valence-corrected chi connectivity index (χ4v) is 3.00. The normalized spacial score (nSPS) is 15.3. The number of nitrogens with zero attached hydrogens (tertiary/aromatic N) is 2. The van der Waals surface area contributed by atoms with Crippen LogP contribution in [-0.4, -0.2) is 60.2 Å². The lowest BCUT2D eigenvalue weighted by atomic mass is 10.0. The van der Waals surface area contributed by atoms with E-state index in [1.54, 1.807) is 0 Å². The average molecular weight is 324 g/mol. The molecule has 24 heavy (non-hydrogen) atoms. The molecule has 2 aromatic carbocycles. The van der Waals surface area contributed by atoms with Gasteiger partial charge in [0.1, 0.15) is 0 Å². The highest BCUT2D eigenvalue weighted by Gasteiger charge is 2.19. The van der Waals surface area contributed by atoms with E-state index in [2.05, 4.69) is 33.3 Å². The number of anilines is 1. The van der Waals surface area contributed by atoms with Crippen molar-refractivity contribution in [2.24, 2.45) is 0 Å². The fourth-order valence-electron chi connectivity index (χ4n) is 3.00. The van der Waals surface area contributed by atoms with Crippen LogP contribution in [0.2, 0.25) is 0 Å². The first-order valence-electron chi connectivity index (χ1n) is 8.36. The van der Waals surface area contributed by atoms with E-state index in [0.29, 0.717) is 12.5 Å². The molecular formula is C19H24N4O. The molecular weight excluding hydrogens is 300 g/mol. The van der Waals surface area contributed by atoms with Crippen LogP contribution in [-0.2, 0) is 0 Å². The number of rotatable bonds is 4. The first-order valence-corrected chi connectivity index (χ1v) is 8.36. The Bertz CT molecular complexity index is 666. The second kappa shape index (κ2) is 7.95. The minimum Gasteiger partial charge on any atom is -0.395 e. The number of nitrogens with one attached hydrogen (secondary N) is 2. The smallest absolute Gasteiger partial charge is 0.195 e. The number of aliphatic hydroxyl groups is 1. The number of hydrogen-bond acceptors (Lipinski definition) is 3. The molecule has 5 heteroatoms.